The van der Waals surface area contributed by atoms with Gasteiger partial charge in [0, 0.05) is 0 Å². The van der Waals surface area contributed by atoms with Gasteiger partial charge in [-0.25, -0.2) is 9.79 Å². The fourth-order valence-corrected chi connectivity index (χ4v) is 1.65. The van der Waals surface area contributed by atoms with Gasteiger partial charge in [0.15, 0.2) is 0 Å². The van der Waals surface area contributed by atoms with Crippen LogP contribution in [0.25, 0.3) is 0 Å². The fraction of sp³-hybridized carbons (Fsp3) is 0.846. The van der Waals surface area contributed by atoms with Crippen molar-refractivity contribution < 1.29 is 4.79 Å². The minimum atomic E-state index is 0.922. The van der Waals surface area contributed by atoms with E-state index in [-0.39, 0.29) is 0 Å². The molecule has 0 unspecified atom stereocenters. The molecule has 0 atom stereocenters. The molecule has 0 aliphatic heterocycles. The summed E-state index contributed by atoms with van der Waals surface area (Å²) in [5, 5.41) is 0. The zero-order valence-electron chi connectivity index (χ0n) is 10.0. The number of carbonyl (C=O) groups excluding carboxylic acids is 1. The molecule has 0 heterocycles. The number of unbranched alkanes of at least 4 members (excludes halogenated alkanes) is 9. The average Bonchev–Trinajstić information content (AvgIpc) is 2.26. The van der Waals surface area contributed by atoms with E-state index in [2.05, 4.69) is 11.9 Å². The molecule has 0 saturated carbocycles. The number of hydrogen-bond donors (Lipinski definition) is 0. The Morgan fingerprint density at radius 1 is 0.933 bits per heavy atom. The van der Waals surface area contributed by atoms with Crippen LogP contribution in [-0.4, -0.2) is 6.08 Å². The summed E-state index contributed by atoms with van der Waals surface area (Å²) in [6.45, 7) is 3.91. The van der Waals surface area contributed by atoms with Crippen molar-refractivity contribution in [3.05, 3.63) is 6.54 Å². The van der Waals surface area contributed by atoms with Gasteiger partial charge in [-0.05, 0) is 6.42 Å². The zero-order valence-corrected chi connectivity index (χ0v) is 10.0. The van der Waals surface area contributed by atoms with Crippen molar-refractivity contribution in [3.8, 4) is 0 Å². The van der Waals surface area contributed by atoms with Crippen LogP contribution in [0.3, 0.4) is 0 Å². The SMILES string of the molecule is CCCCCCCCCCC[CH]N=C=O. The van der Waals surface area contributed by atoms with E-state index in [1.165, 1.54) is 57.4 Å². The molecule has 0 aliphatic carbocycles. The molecule has 0 fully saturated rings. The van der Waals surface area contributed by atoms with Crippen molar-refractivity contribution in [2.24, 2.45) is 4.99 Å². The molecule has 0 rings (SSSR count). The van der Waals surface area contributed by atoms with Gasteiger partial charge in [0.1, 0.15) is 0 Å². The lowest BCUT2D eigenvalue weighted by molar-refractivity contribution is 0.559. The van der Waals surface area contributed by atoms with Crippen LogP contribution in [0.15, 0.2) is 4.99 Å². The maximum Gasteiger partial charge on any atom is 0.235 e. The number of hydrogen-bond acceptors (Lipinski definition) is 2. The monoisotopic (exact) mass is 210 g/mol. The standard InChI is InChI=1S/C13H24NO/c1-2-3-4-5-6-7-8-9-10-11-12-14-13-15/h12H,2-11H2,1H3. The quantitative estimate of drug-likeness (QED) is 0.282. The number of aliphatic imine (C=N–C) groups is 1. The highest BCUT2D eigenvalue weighted by molar-refractivity contribution is 5.33. The van der Waals surface area contributed by atoms with Gasteiger partial charge in [0.05, 0.1) is 6.54 Å². The summed E-state index contributed by atoms with van der Waals surface area (Å²) in [5.74, 6) is 0. The van der Waals surface area contributed by atoms with Gasteiger partial charge in [-0.1, -0.05) is 64.7 Å². The van der Waals surface area contributed by atoms with Crippen LogP contribution >= 0.6 is 0 Å². The van der Waals surface area contributed by atoms with Crippen LogP contribution in [0.4, 0.5) is 0 Å². The maximum atomic E-state index is 9.74. The molecule has 0 aliphatic rings. The average molecular weight is 210 g/mol. The summed E-state index contributed by atoms with van der Waals surface area (Å²) < 4.78 is 0. The van der Waals surface area contributed by atoms with Gasteiger partial charge >= 0.3 is 0 Å². The molecule has 0 amide bonds. The van der Waals surface area contributed by atoms with E-state index in [1.54, 1.807) is 6.54 Å². The Balaban J connectivity index is 2.89. The number of nitrogens with zero attached hydrogens (tertiary/aromatic N) is 1. The van der Waals surface area contributed by atoms with Crippen molar-refractivity contribution in [1.82, 2.24) is 0 Å². The van der Waals surface area contributed by atoms with Gasteiger partial charge in [-0.15, -0.1) is 0 Å². The van der Waals surface area contributed by atoms with Crippen LogP contribution in [-0.2, 0) is 4.79 Å². The second-order valence-electron chi connectivity index (χ2n) is 4.02. The van der Waals surface area contributed by atoms with Crippen molar-refractivity contribution in [2.45, 2.75) is 71.1 Å². The van der Waals surface area contributed by atoms with Crippen LogP contribution in [0.1, 0.15) is 71.1 Å². The largest absolute Gasteiger partial charge is 0.235 e. The van der Waals surface area contributed by atoms with E-state index in [0.29, 0.717) is 0 Å². The Labute approximate surface area is 94.2 Å². The molecule has 1 radical (unpaired) electrons. The third-order valence-electron chi connectivity index (χ3n) is 2.58. The van der Waals surface area contributed by atoms with E-state index in [1.807, 2.05) is 0 Å². The van der Waals surface area contributed by atoms with Crippen LogP contribution in [0.2, 0.25) is 0 Å². The predicted molar refractivity (Wildman–Crippen MR) is 64.3 cm³/mol. The molecule has 0 N–H and O–H groups in total. The molecule has 87 valence electrons. The second-order valence-corrected chi connectivity index (χ2v) is 4.02. The Bertz CT molecular complexity index is 162. The molecule has 0 spiro atoms. The summed E-state index contributed by atoms with van der Waals surface area (Å²) in [7, 11) is 0. The van der Waals surface area contributed by atoms with Crippen LogP contribution < -0.4 is 0 Å². The van der Waals surface area contributed by atoms with Crippen molar-refractivity contribution >= 4 is 6.08 Å². The molecule has 2 heteroatoms. The third-order valence-corrected chi connectivity index (χ3v) is 2.58. The van der Waals surface area contributed by atoms with Gasteiger partial charge < -0.3 is 0 Å². The van der Waals surface area contributed by atoms with E-state index >= 15 is 0 Å². The Hall–Kier alpha value is -0.620. The first-order valence-electron chi connectivity index (χ1n) is 6.30. The van der Waals surface area contributed by atoms with Crippen molar-refractivity contribution in [2.75, 3.05) is 0 Å². The molecule has 15 heavy (non-hydrogen) atoms. The maximum absolute atomic E-state index is 9.74. The van der Waals surface area contributed by atoms with Crippen LogP contribution in [0.5, 0.6) is 0 Å². The summed E-state index contributed by atoms with van der Waals surface area (Å²) in [4.78, 5) is 13.2. The van der Waals surface area contributed by atoms with E-state index in [0.717, 1.165) is 12.8 Å². The van der Waals surface area contributed by atoms with E-state index < -0.39 is 0 Å². The fourth-order valence-electron chi connectivity index (χ4n) is 1.65. The van der Waals surface area contributed by atoms with Gasteiger partial charge in [-0.2, -0.15) is 0 Å². The third kappa shape index (κ3) is 13.4. The summed E-state index contributed by atoms with van der Waals surface area (Å²) in [6, 6.07) is 0. The molecule has 0 aromatic heterocycles. The molecule has 0 bridgehead atoms. The smallest absolute Gasteiger partial charge is 0.211 e. The van der Waals surface area contributed by atoms with Crippen molar-refractivity contribution in [3.63, 3.8) is 0 Å². The van der Waals surface area contributed by atoms with Gasteiger partial charge in [0.25, 0.3) is 0 Å². The lowest BCUT2D eigenvalue weighted by atomic mass is 10.1. The highest BCUT2D eigenvalue weighted by Crippen LogP contribution is 2.10. The Morgan fingerprint density at radius 3 is 2.00 bits per heavy atom. The zero-order chi connectivity index (χ0) is 11.2. The molecule has 2 nitrogen and oxygen atoms in total. The van der Waals surface area contributed by atoms with Crippen molar-refractivity contribution in [1.29, 1.82) is 0 Å². The Kier molecular flexibility index (Phi) is 12.8. The second kappa shape index (κ2) is 13.4. The van der Waals surface area contributed by atoms with E-state index in [9.17, 15) is 4.79 Å². The molecular formula is C13H24NO. The predicted octanol–water partition coefficient (Wildman–Crippen LogP) is 4.40. The summed E-state index contributed by atoms with van der Waals surface area (Å²) in [5.41, 5.74) is 0. The Morgan fingerprint density at radius 2 is 1.47 bits per heavy atom. The molecule has 0 aromatic carbocycles. The molecular weight excluding hydrogens is 186 g/mol. The number of rotatable bonds is 11. The van der Waals surface area contributed by atoms with Gasteiger partial charge in [0.2, 0.25) is 6.08 Å². The van der Waals surface area contributed by atoms with Crippen LogP contribution in [0, 0.1) is 6.54 Å². The molecule has 0 saturated heterocycles. The van der Waals surface area contributed by atoms with Gasteiger partial charge in [-0.3, -0.25) is 0 Å². The lowest BCUT2D eigenvalue weighted by Gasteiger charge is -2.00. The summed E-state index contributed by atoms with van der Waals surface area (Å²) in [6.07, 6.45) is 14.4. The first-order valence-corrected chi connectivity index (χ1v) is 6.30. The topological polar surface area (TPSA) is 29.4 Å². The minimum absolute atomic E-state index is 0.922. The first kappa shape index (κ1) is 14.4. The number of isocyanates is 1. The minimum Gasteiger partial charge on any atom is -0.211 e. The highest BCUT2D eigenvalue weighted by Gasteiger charge is 1.92. The highest BCUT2D eigenvalue weighted by atomic mass is 16.1. The first-order chi connectivity index (χ1) is 7.41. The summed E-state index contributed by atoms with van der Waals surface area (Å²) >= 11 is 0. The molecule has 0 aromatic rings. The normalized spacial score (nSPS) is 9.93. The van der Waals surface area contributed by atoms with E-state index in [4.69, 9.17) is 0 Å². The lowest BCUT2D eigenvalue weighted by Crippen LogP contribution is -1.81.